The molecule has 0 bridgehead atoms. The number of benzene rings is 1. The molecule has 94 valence electrons. The summed E-state index contributed by atoms with van der Waals surface area (Å²) in [6.07, 6.45) is 9.58. The maximum Gasteiger partial charge on any atom is 0.0176 e. The van der Waals surface area contributed by atoms with Crippen molar-refractivity contribution in [3.63, 3.8) is 0 Å². The third-order valence-electron chi connectivity index (χ3n) is 4.20. The predicted octanol–water partition coefficient (Wildman–Crippen LogP) is 3.34. The van der Waals surface area contributed by atoms with E-state index < -0.39 is 0 Å². The van der Waals surface area contributed by atoms with E-state index in [1.807, 2.05) is 0 Å². The Morgan fingerprint density at radius 2 is 2.06 bits per heavy atom. The molecule has 3 atom stereocenters. The van der Waals surface area contributed by atoms with Gasteiger partial charge in [-0.15, -0.1) is 0 Å². The molecule has 1 saturated heterocycles. The number of nitrogens with one attached hydrogen (secondary N) is 1. The van der Waals surface area contributed by atoms with E-state index in [0.29, 0.717) is 12.0 Å². The van der Waals surface area contributed by atoms with E-state index in [0.717, 1.165) is 18.9 Å². The van der Waals surface area contributed by atoms with Gasteiger partial charge in [0.15, 0.2) is 0 Å². The van der Waals surface area contributed by atoms with Crippen molar-refractivity contribution in [2.45, 2.75) is 25.8 Å². The summed E-state index contributed by atoms with van der Waals surface area (Å²) in [7, 11) is 0. The van der Waals surface area contributed by atoms with Crippen LogP contribution in [0, 0.1) is 11.8 Å². The van der Waals surface area contributed by atoms with Crippen molar-refractivity contribution in [1.82, 2.24) is 5.32 Å². The van der Waals surface area contributed by atoms with E-state index in [1.165, 1.54) is 17.6 Å². The third-order valence-corrected chi connectivity index (χ3v) is 4.20. The van der Waals surface area contributed by atoms with E-state index in [-0.39, 0.29) is 0 Å². The molecule has 0 aromatic heterocycles. The van der Waals surface area contributed by atoms with Crippen LogP contribution in [-0.4, -0.2) is 12.6 Å². The average molecular weight is 239 g/mol. The van der Waals surface area contributed by atoms with E-state index >= 15 is 0 Å². The molecule has 1 heteroatoms. The molecular weight excluding hydrogens is 218 g/mol. The van der Waals surface area contributed by atoms with Gasteiger partial charge in [0.05, 0.1) is 0 Å². The Bertz CT molecular complexity index is 458. The molecule has 1 aromatic rings. The highest BCUT2D eigenvalue weighted by molar-refractivity contribution is 5.27. The van der Waals surface area contributed by atoms with Gasteiger partial charge in [0, 0.05) is 6.04 Å². The first kappa shape index (κ1) is 11.7. The van der Waals surface area contributed by atoms with Gasteiger partial charge in [-0.2, -0.15) is 0 Å². The lowest BCUT2D eigenvalue weighted by Gasteiger charge is -2.38. The van der Waals surface area contributed by atoms with Crippen LogP contribution in [0.1, 0.15) is 18.9 Å². The van der Waals surface area contributed by atoms with Crippen molar-refractivity contribution >= 4 is 0 Å². The number of hydrogen-bond donors (Lipinski definition) is 1. The Kier molecular flexibility index (Phi) is 3.33. The zero-order valence-corrected chi connectivity index (χ0v) is 11.0. The number of rotatable bonds is 2. The quantitative estimate of drug-likeness (QED) is 0.834. The SMILES string of the molecule is CC1=CC2CCNC(Cc3ccccc3)C2C=C1. The summed E-state index contributed by atoms with van der Waals surface area (Å²) in [6.45, 7) is 3.36. The van der Waals surface area contributed by atoms with Gasteiger partial charge in [-0.05, 0) is 43.7 Å². The first-order chi connectivity index (χ1) is 8.83. The molecule has 0 spiro atoms. The highest BCUT2D eigenvalue weighted by Crippen LogP contribution is 2.32. The Hall–Kier alpha value is -1.34. The number of piperidine rings is 1. The minimum absolute atomic E-state index is 0.590. The minimum atomic E-state index is 0.590. The molecule has 1 nitrogen and oxygen atoms in total. The highest BCUT2D eigenvalue weighted by atomic mass is 14.9. The predicted molar refractivity (Wildman–Crippen MR) is 76.4 cm³/mol. The van der Waals surface area contributed by atoms with Gasteiger partial charge in [0.1, 0.15) is 0 Å². The molecule has 2 aliphatic rings. The topological polar surface area (TPSA) is 12.0 Å². The van der Waals surface area contributed by atoms with Crippen LogP contribution in [0.2, 0.25) is 0 Å². The fourth-order valence-electron chi connectivity index (χ4n) is 3.27. The fourth-order valence-corrected chi connectivity index (χ4v) is 3.27. The Labute approximate surface area is 110 Å². The Morgan fingerprint density at radius 3 is 2.89 bits per heavy atom. The molecule has 0 saturated carbocycles. The molecule has 0 amide bonds. The molecule has 1 N–H and O–H groups in total. The summed E-state index contributed by atoms with van der Waals surface area (Å²) in [4.78, 5) is 0. The molecule has 1 fully saturated rings. The zero-order valence-electron chi connectivity index (χ0n) is 11.0. The third kappa shape index (κ3) is 2.41. The first-order valence-electron chi connectivity index (χ1n) is 6.97. The number of hydrogen-bond acceptors (Lipinski definition) is 1. The van der Waals surface area contributed by atoms with Crippen LogP contribution >= 0.6 is 0 Å². The fraction of sp³-hybridized carbons (Fsp3) is 0.412. The van der Waals surface area contributed by atoms with Crippen LogP contribution in [0.4, 0.5) is 0 Å². The van der Waals surface area contributed by atoms with Crippen molar-refractivity contribution in [3.8, 4) is 0 Å². The second-order valence-corrected chi connectivity index (χ2v) is 5.55. The van der Waals surface area contributed by atoms with Crippen molar-refractivity contribution < 1.29 is 0 Å². The second kappa shape index (κ2) is 5.11. The first-order valence-corrected chi connectivity index (χ1v) is 6.97. The second-order valence-electron chi connectivity index (χ2n) is 5.55. The molecule has 1 heterocycles. The molecule has 18 heavy (non-hydrogen) atoms. The van der Waals surface area contributed by atoms with Crippen LogP contribution in [0.25, 0.3) is 0 Å². The molecule has 3 rings (SSSR count). The average Bonchev–Trinajstić information content (AvgIpc) is 2.40. The van der Waals surface area contributed by atoms with Gasteiger partial charge in [-0.1, -0.05) is 54.1 Å². The smallest absolute Gasteiger partial charge is 0.0176 e. The largest absolute Gasteiger partial charge is 0.313 e. The van der Waals surface area contributed by atoms with Crippen molar-refractivity contribution in [2.24, 2.45) is 11.8 Å². The summed E-state index contributed by atoms with van der Waals surface area (Å²) in [5.41, 5.74) is 2.87. The van der Waals surface area contributed by atoms with Gasteiger partial charge in [-0.3, -0.25) is 0 Å². The summed E-state index contributed by atoms with van der Waals surface area (Å²) in [6, 6.07) is 11.4. The molecule has 3 unspecified atom stereocenters. The van der Waals surface area contributed by atoms with Crippen molar-refractivity contribution in [2.75, 3.05) is 6.54 Å². The van der Waals surface area contributed by atoms with Crippen LogP contribution in [0.15, 0.2) is 54.1 Å². The molecule has 1 aliphatic carbocycles. The molecule has 1 aliphatic heterocycles. The van der Waals surface area contributed by atoms with Crippen LogP contribution < -0.4 is 5.32 Å². The normalized spacial score (nSPS) is 30.7. The Morgan fingerprint density at radius 1 is 1.22 bits per heavy atom. The van der Waals surface area contributed by atoms with Gasteiger partial charge in [0.25, 0.3) is 0 Å². The van der Waals surface area contributed by atoms with E-state index in [4.69, 9.17) is 0 Å². The van der Waals surface area contributed by atoms with Crippen molar-refractivity contribution in [3.05, 3.63) is 59.7 Å². The van der Waals surface area contributed by atoms with Gasteiger partial charge in [0.2, 0.25) is 0 Å². The van der Waals surface area contributed by atoms with Crippen LogP contribution in [0.3, 0.4) is 0 Å². The molecule has 1 aromatic carbocycles. The summed E-state index contributed by atoms with van der Waals surface area (Å²) >= 11 is 0. The van der Waals surface area contributed by atoms with Crippen LogP contribution in [-0.2, 0) is 6.42 Å². The standard InChI is InChI=1S/C17H21N/c1-13-7-8-16-15(11-13)9-10-18-17(16)12-14-5-3-2-4-6-14/h2-8,11,15-18H,9-10,12H2,1H3. The highest BCUT2D eigenvalue weighted by Gasteiger charge is 2.31. The number of allylic oxidation sites excluding steroid dienone is 3. The summed E-state index contributed by atoms with van der Waals surface area (Å²) < 4.78 is 0. The van der Waals surface area contributed by atoms with E-state index in [1.54, 1.807) is 0 Å². The van der Waals surface area contributed by atoms with Gasteiger partial charge >= 0.3 is 0 Å². The summed E-state index contributed by atoms with van der Waals surface area (Å²) in [5.74, 6) is 1.41. The number of fused-ring (bicyclic) bond motifs is 1. The lowest BCUT2D eigenvalue weighted by atomic mass is 9.75. The maximum atomic E-state index is 3.70. The maximum absolute atomic E-state index is 3.70. The zero-order chi connectivity index (χ0) is 12.4. The van der Waals surface area contributed by atoms with Crippen LogP contribution in [0.5, 0.6) is 0 Å². The van der Waals surface area contributed by atoms with E-state index in [9.17, 15) is 0 Å². The lowest BCUT2D eigenvalue weighted by Crippen LogP contribution is -2.46. The Balaban J connectivity index is 1.75. The van der Waals surface area contributed by atoms with E-state index in [2.05, 4.69) is 60.8 Å². The van der Waals surface area contributed by atoms with Gasteiger partial charge in [-0.25, -0.2) is 0 Å². The minimum Gasteiger partial charge on any atom is -0.313 e. The monoisotopic (exact) mass is 239 g/mol. The van der Waals surface area contributed by atoms with Crippen molar-refractivity contribution in [1.29, 1.82) is 0 Å². The molecule has 0 radical (unpaired) electrons. The van der Waals surface area contributed by atoms with Gasteiger partial charge < -0.3 is 5.32 Å². The lowest BCUT2D eigenvalue weighted by molar-refractivity contribution is 0.265. The molecular formula is C17H21N. The summed E-state index contributed by atoms with van der Waals surface area (Å²) in [5, 5.41) is 3.70.